The highest BCUT2D eigenvalue weighted by Crippen LogP contribution is 2.37. The number of benzene rings is 2. The fraction of sp³-hybridized carbons (Fsp3) is 0.190. The maximum atomic E-state index is 13.9. The van der Waals surface area contributed by atoms with Gasteiger partial charge in [-0.15, -0.1) is 0 Å². The first-order valence-electron chi connectivity index (χ1n) is 8.61. The Morgan fingerprint density at radius 3 is 2.61 bits per heavy atom. The van der Waals surface area contributed by atoms with E-state index in [1.807, 2.05) is 24.3 Å². The molecule has 0 aliphatic carbocycles. The predicted octanol–water partition coefficient (Wildman–Crippen LogP) is 5.40. The van der Waals surface area contributed by atoms with Crippen LogP contribution in [-0.2, 0) is 19.7 Å². The molecule has 28 heavy (non-hydrogen) atoms. The van der Waals surface area contributed by atoms with Gasteiger partial charge in [-0.3, -0.25) is 4.98 Å². The smallest absolute Gasteiger partial charge is 0.180 e. The van der Waals surface area contributed by atoms with Crippen LogP contribution in [0.5, 0.6) is 11.5 Å². The van der Waals surface area contributed by atoms with Crippen molar-refractivity contribution < 1.29 is 13.9 Å². The van der Waals surface area contributed by atoms with E-state index in [1.165, 1.54) is 13.2 Å². The monoisotopic (exact) mass is 420 g/mol. The Kier molecular flexibility index (Phi) is 7.09. The number of methoxy groups -OCH3 is 1. The van der Waals surface area contributed by atoms with E-state index in [2.05, 4.69) is 10.3 Å². The molecule has 0 amide bonds. The summed E-state index contributed by atoms with van der Waals surface area (Å²) in [4.78, 5) is 4.27. The summed E-state index contributed by atoms with van der Waals surface area (Å²) in [5, 5.41) is 3.98. The van der Waals surface area contributed by atoms with Gasteiger partial charge in [-0.05, 0) is 42.0 Å². The van der Waals surface area contributed by atoms with Crippen molar-refractivity contribution in [2.24, 2.45) is 0 Å². The van der Waals surface area contributed by atoms with Gasteiger partial charge in [0.2, 0.25) is 0 Å². The van der Waals surface area contributed by atoms with Gasteiger partial charge in [0.15, 0.2) is 11.5 Å². The lowest BCUT2D eigenvalue weighted by molar-refractivity contribution is 0.280. The predicted molar refractivity (Wildman–Crippen MR) is 109 cm³/mol. The molecule has 3 aromatic rings. The molecule has 0 aliphatic rings. The number of aromatic nitrogens is 1. The zero-order valence-electron chi connectivity index (χ0n) is 15.2. The van der Waals surface area contributed by atoms with Crippen molar-refractivity contribution in [3.05, 3.63) is 87.4 Å². The third-order valence-corrected chi connectivity index (χ3v) is 4.71. The summed E-state index contributed by atoms with van der Waals surface area (Å²) in [5.41, 5.74) is 2.14. The number of halogens is 3. The second kappa shape index (κ2) is 9.73. The van der Waals surface area contributed by atoms with Crippen LogP contribution in [0.3, 0.4) is 0 Å². The highest BCUT2D eigenvalue weighted by molar-refractivity contribution is 6.32. The number of hydrogen-bond donors (Lipinski definition) is 1. The lowest BCUT2D eigenvalue weighted by atomic mass is 10.2. The SMILES string of the molecule is COc1cc(CNCc2ccccn2)cc(Cl)c1OCc1c(F)cccc1Cl. The second-order valence-electron chi connectivity index (χ2n) is 6.02. The maximum absolute atomic E-state index is 13.9. The van der Waals surface area contributed by atoms with E-state index in [9.17, 15) is 4.39 Å². The van der Waals surface area contributed by atoms with E-state index in [0.717, 1.165) is 11.3 Å². The van der Waals surface area contributed by atoms with Crippen LogP contribution in [0.4, 0.5) is 4.39 Å². The van der Waals surface area contributed by atoms with Crippen LogP contribution < -0.4 is 14.8 Å². The third kappa shape index (κ3) is 5.13. The Labute approximate surface area is 173 Å². The minimum Gasteiger partial charge on any atom is -0.493 e. The molecule has 1 N–H and O–H groups in total. The molecule has 3 rings (SSSR count). The van der Waals surface area contributed by atoms with Crippen molar-refractivity contribution in [2.75, 3.05) is 7.11 Å². The van der Waals surface area contributed by atoms with Gasteiger partial charge in [0.05, 0.1) is 22.8 Å². The molecule has 0 atom stereocenters. The average molecular weight is 421 g/mol. The molecule has 1 heterocycles. The minimum absolute atomic E-state index is 0.0567. The maximum Gasteiger partial charge on any atom is 0.180 e. The zero-order chi connectivity index (χ0) is 19.9. The van der Waals surface area contributed by atoms with Gasteiger partial charge < -0.3 is 14.8 Å². The Morgan fingerprint density at radius 2 is 1.89 bits per heavy atom. The number of ether oxygens (including phenoxy) is 2. The van der Waals surface area contributed by atoms with Gasteiger partial charge in [0.1, 0.15) is 12.4 Å². The lowest BCUT2D eigenvalue weighted by Gasteiger charge is -2.15. The molecule has 4 nitrogen and oxygen atoms in total. The van der Waals surface area contributed by atoms with Crippen molar-refractivity contribution in [3.63, 3.8) is 0 Å². The summed E-state index contributed by atoms with van der Waals surface area (Å²) in [6.07, 6.45) is 1.75. The molecule has 0 bridgehead atoms. The van der Waals surface area contributed by atoms with E-state index in [-0.39, 0.29) is 12.2 Å². The molecule has 0 radical (unpaired) electrons. The van der Waals surface area contributed by atoms with Crippen molar-refractivity contribution in [3.8, 4) is 11.5 Å². The van der Waals surface area contributed by atoms with Gasteiger partial charge in [-0.1, -0.05) is 35.3 Å². The summed E-state index contributed by atoms with van der Waals surface area (Å²) in [6, 6.07) is 13.9. The van der Waals surface area contributed by atoms with Crippen molar-refractivity contribution >= 4 is 23.2 Å². The van der Waals surface area contributed by atoms with Gasteiger partial charge in [-0.2, -0.15) is 0 Å². The summed E-state index contributed by atoms with van der Waals surface area (Å²) in [6.45, 7) is 1.15. The largest absolute Gasteiger partial charge is 0.493 e. The molecule has 0 unspecified atom stereocenters. The van der Waals surface area contributed by atoms with Gasteiger partial charge in [0, 0.05) is 24.8 Å². The molecule has 0 saturated carbocycles. The number of hydrogen-bond acceptors (Lipinski definition) is 4. The zero-order valence-corrected chi connectivity index (χ0v) is 16.7. The first-order chi connectivity index (χ1) is 13.6. The van der Waals surface area contributed by atoms with Gasteiger partial charge in [-0.25, -0.2) is 4.39 Å². The minimum atomic E-state index is -0.432. The average Bonchev–Trinajstić information content (AvgIpc) is 2.69. The first kappa shape index (κ1) is 20.4. The lowest BCUT2D eigenvalue weighted by Crippen LogP contribution is -2.13. The number of pyridine rings is 1. The van der Waals surface area contributed by atoms with E-state index < -0.39 is 5.82 Å². The fourth-order valence-corrected chi connectivity index (χ4v) is 3.17. The van der Waals surface area contributed by atoms with Crippen LogP contribution in [0.1, 0.15) is 16.8 Å². The molecule has 0 aliphatic heterocycles. The molecule has 0 spiro atoms. The summed E-state index contributed by atoms with van der Waals surface area (Å²) < 4.78 is 25.1. The highest BCUT2D eigenvalue weighted by Gasteiger charge is 2.15. The van der Waals surface area contributed by atoms with E-state index in [1.54, 1.807) is 24.4 Å². The molecule has 2 aromatic carbocycles. The van der Waals surface area contributed by atoms with Gasteiger partial charge in [0.25, 0.3) is 0 Å². The topological polar surface area (TPSA) is 43.4 Å². The van der Waals surface area contributed by atoms with Crippen LogP contribution in [0.15, 0.2) is 54.7 Å². The quantitative estimate of drug-likeness (QED) is 0.529. The van der Waals surface area contributed by atoms with Crippen molar-refractivity contribution in [2.45, 2.75) is 19.7 Å². The van der Waals surface area contributed by atoms with E-state index >= 15 is 0 Å². The number of rotatable bonds is 8. The van der Waals surface area contributed by atoms with Crippen LogP contribution in [0, 0.1) is 5.82 Å². The standard InChI is InChI=1S/C21H19Cl2FN2O2/c1-27-20-10-14(11-25-12-15-5-2-3-8-26-15)9-18(23)21(20)28-13-16-17(22)6-4-7-19(16)24/h2-10,25H,11-13H2,1H3. The van der Waals surface area contributed by atoms with Crippen molar-refractivity contribution in [1.82, 2.24) is 10.3 Å². The first-order valence-corrected chi connectivity index (χ1v) is 9.37. The molecule has 1 aromatic heterocycles. The van der Waals surface area contributed by atoms with Gasteiger partial charge >= 0.3 is 0 Å². The summed E-state index contributed by atoms with van der Waals surface area (Å²) in [7, 11) is 1.53. The Balaban J connectivity index is 1.69. The normalized spacial score (nSPS) is 10.7. The molecule has 0 fully saturated rings. The number of nitrogens with zero attached hydrogens (tertiary/aromatic N) is 1. The highest BCUT2D eigenvalue weighted by atomic mass is 35.5. The Morgan fingerprint density at radius 1 is 1.04 bits per heavy atom. The Hall–Kier alpha value is -2.34. The van der Waals surface area contributed by atoms with E-state index in [4.69, 9.17) is 32.7 Å². The molecule has 146 valence electrons. The Bertz CT molecular complexity index is 919. The molecule has 0 saturated heterocycles. The number of nitrogens with one attached hydrogen (secondary N) is 1. The van der Waals surface area contributed by atoms with E-state index in [0.29, 0.717) is 34.6 Å². The molecule has 7 heteroatoms. The third-order valence-electron chi connectivity index (χ3n) is 4.07. The van der Waals surface area contributed by atoms with Crippen LogP contribution in [0.25, 0.3) is 0 Å². The van der Waals surface area contributed by atoms with Crippen molar-refractivity contribution in [1.29, 1.82) is 0 Å². The summed E-state index contributed by atoms with van der Waals surface area (Å²) >= 11 is 12.4. The molecular formula is C21H19Cl2FN2O2. The second-order valence-corrected chi connectivity index (χ2v) is 6.84. The van der Waals surface area contributed by atoms with Crippen LogP contribution in [-0.4, -0.2) is 12.1 Å². The summed E-state index contributed by atoms with van der Waals surface area (Å²) in [5.74, 6) is 0.379. The van der Waals surface area contributed by atoms with Crippen LogP contribution in [0.2, 0.25) is 10.0 Å². The molecular weight excluding hydrogens is 402 g/mol. The fourth-order valence-electron chi connectivity index (χ4n) is 2.67. The van der Waals surface area contributed by atoms with Crippen LogP contribution >= 0.6 is 23.2 Å².